The van der Waals surface area contributed by atoms with Gasteiger partial charge in [-0.3, -0.25) is 9.69 Å². The predicted molar refractivity (Wildman–Crippen MR) is 99.9 cm³/mol. The molecule has 4 nitrogen and oxygen atoms in total. The second-order valence-corrected chi connectivity index (χ2v) is 6.88. The Hall–Kier alpha value is -2.04. The Morgan fingerprint density at radius 1 is 1.12 bits per heavy atom. The first-order valence-corrected chi connectivity index (χ1v) is 8.89. The van der Waals surface area contributed by atoms with Crippen LogP contribution in [0, 0.1) is 0 Å². The van der Waals surface area contributed by atoms with E-state index < -0.39 is 6.04 Å². The molecular formula is C20H23ClN2O2. The average Bonchev–Trinajstić information content (AvgIpc) is 2.64. The van der Waals surface area contributed by atoms with Crippen molar-refractivity contribution in [2.24, 2.45) is 5.73 Å². The monoisotopic (exact) mass is 358 g/mol. The van der Waals surface area contributed by atoms with Crippen LogP contribution < -0.4 is 10.5 Å². The first kappa shape index (κ1) is 17.8. The van der Waals surface area contributed by atoms with Crippen LogP contribution >= 0.6 is 11.6 Å². The zero-order valence-corrected chi connectivity index (χ0v) is 15.1. The van der Waals surface area contributed by atoms with Crippen LogP contribution in [-0.2, 0) is 4.79 Å². The van der Waals surface area contributed by atoms with Crippen molar-refractivity contribution in [3.8, 4) is 5.75 Å². The number of primary amides is 1. The standard InChI is InChI=1S/C20H23ClN2O2/c1-25-18-8-4-14(5-9-18)15-10-12-23(13-11-15)19(20(22)24)16-2-6-17(21)7-3-16/h2-9,15,19H,10-13H2,1H3,(H2,22,24). The first-order chi connectivity index (χ1) is 12.1. The van der Waals surface area contributed by atoms with Crippen molar-refractivity contribution in [2.45, 2.75) is 24.8 Å². The van der Waals surface area contributed by atoms with E-state index in [0.29, 0.717) is 10.9 Å². The van der Waals surface area contributed by atoms with Crippen LogP contribution in [0.3, 0.4) is 0 Å². The second kappa shape index (κ2) is 7.89. The molecule has 1 fully saturated rings. The lowest BCUT2D eigenvalue weighted by Crippen LogP contribution is -2.42. The lowest BCUT2D eigenvalue weighted by Gasteiger charge is -2.36. The number of carbonyl (C=O) groups is 1. The fourth-order valence-electron chi connectivity index (χ4n) is 3.57. The van der Waals surface area contributed by atoms with Gasteiger partial charge < -0.3 is 10.5 Å². The molecule has 0 aliphatic carbocycles. The van der Waals surface area contributed by atoms with E-state index in [9.17, 15) is 4.79 Å². The first-order valence-electron chi connectivity index (χ1n) is 8.51. The highest BCUT2D eigenvalue weighted by Crippen LogP contribution is 2.33. The summed E-state index contributed by atoms with van der Waals surface area (Å²) in [6, 6.07) is 15.2. The van der Waals surface area contributed by atoms with E-state index >= 15 is 0 Å². The Bertz CT molecular complexity index is 707. The lowest BCUT2D eigenvalue weighted by molar-refractivity contribution is -0.124. The van der Waals surface area contributed by atoms with Crippen molar-refractivity contribution in [2.75, 3.05) is 20.2 Å². The highest BCUT2D eigenvalue weighted by molar-refractivity contribution is 6.30. The molecule has 1 amide bonds. The maximum absolute atomic E-state index is 12.0. The fraction of sp³-hybridized carbons (Fsp3) is 0.350. The number of carbonyl (C=O) groups excluding carboxylic acids is 1. The summed E-state index contributed by atoms with van der Waals surface area (Å²) in [5.41, 5.74) is 7.91. The molecule has 1 saturated heterocycles. The van der Waals surface area contributed by atoms with E-state index in [0.717, 1.165) is 37.2 Å². The molecule has 0 spiro atoms. The van der Waals surface area contributed by atoms with Gasteiger partial charge in [-0.1, -0.05) is 35.9 Å². The Morgan fingerprint density at radius 2 is 1.72 bits per heavy atom. The summed E-state index contributed by atoms with van der Waals surface area (Å²) in [6.45, 7) is 1.68. The van der Waals surface area contributed by atoms with E-state index in [1.165, 1.54) is 5.56 Å². The quantitative estimate of drug-likeness (QED) is 0.885. The van der Waals surface area contributed by atoms with Crippen LogP contribution in [0.4, 0.5) is 0 Å². The smallest absolute Gasteiger partial charge is 0.239 e. The van der Waals surface area contributed by atoms with Crippen LogP contribution in [0.1, 0.15) is 35.9 Å². The molecule has 0 saturated carbocycles. The van der Waals surface area contributed by atoms with Crippen molar-refractivity contribution in [3.05, 3.63) is 64.7 Å². The third-order valence-electron chi connectivity index (χ3n) is 4.94. The Balaban J connectivity index is 1.68. The van der Waals surface area contributed by atoms with Gasteiger partial charge in [-0.25, -0.2) is 0 Å². The zero-order chi connectivity index (χ0) is 17.8. The van der Waals surface area contributed by atoms with Gasteiger partial charge >= 0.3 is 0 Å². The molecule has 1 aliphatic heterocycles. The van der Waals surface area contributed by atoms with Gasteiger partial charge in [0.25, 0.3) is 0 Å². The van der Waals surface area contributed by atoms with Crippen molar-refractivity contribution >= 4 is 17.5 Å². The van der Waals surface area contributed by atoms with Crippen LogP contribution in [0.15, 0.2) is 48.5 Å². The van der Waals surface area contributed by atoms with Crippen LogP contribution in [0.25, 0.3) is 0 Å². The van der Waals surface area contributed by atoms with Gasteiger partial charge in [0.15, 0.2) is 0 Å². The van der Waals surface area contributed by atoms with Crippen LogP contribution in [0.5, 0.6) is 5.75 Å². The van der Waals surface area contributed by atoms with Crippen LogP contribution in [-0.4, -0.2) is 31.0 Å². The molecule has 3 rings (SSSR count). The number of halogens is 1. The summed E-state index contributed by atoms with van der Waals surface area (Å²) in [6.07, 6.45) is 2.01. The largest absolute Gasteiger partial charge is 0.497 e. The minimum Gasteiger partial charge on any atom is -0.497 e. The second-order valence-electron chi connectivity index (χ2n) is 6.44. The SMILES string of the molecule is COc1ccc(C2CCN(C(C(N)=O)c3ccc(Cl)cc3)CC2)cc1. The number of rotatable bonds is 5. The van der Waals surface area contributed by atoms with E-state index in [2.05, 4.69) is 17.0 Å². The van der Waals surface area contributed by atoms with Gasteiger partial charge in [-0.15, -0.1) is 0 Å². The number of amides is 1. The number of hydrogen-bond acceptors (Lipinski definition) is 3. The Labute approximate surface area is 153 Å². The highest BCUT2D eigenvalue weighted by atomic mass is 35.5. The van der Waals surface area contributed by atoms with E-state index in [-0.39, 0.29) is 5.91 Å². The van der Waals surface area contributed by atoms with E-state index in [1.807, 2.05) is 24.3 Å². The molecule has 0 radical (unpaired) electrons. The summed E-state index contributed by atoms with van der Waals surface area (Å²) in [5.74, 6) is 1.06. The molecule has 0 aromatic heterocycles. The van der Waals surface area contributed by atoms with Gasteiger partial charge in [0, 0.05) is 5.02 Å². The highest BCUT2D eigenvalue weighted by Gasteiger charge is 2.30. The minimum atomic E-state index is -0.394. The number of nitrogens with zero attached hydrogens (tertiary/aromatic N) is 1. The predicted octanol–water partition coefficient (Wildman–Crippen LogP) is 3.75. The normalized spacial score (nSPS) is 17.2. The number of methoxy groups -OCH3 is 1. The number of ether oxygens (including phenoxy) is 1. The molecule has 132 valence electrons. The molecule has 1 aliphatic rings. The summed E-state index contributed by atoms with van der Waals surface area (Å²) in [7, 11) is 1.67. The Morgan fingerprint density at radius 3 is 2.24 bits per heavy atom. The van der Waals surface area contributed by atoms with Crippen molar-refractivity contribution in [3.63, 3.8) is 0 Å². The minimum absolute atomic E-state index is 0.315. The van der Waals surface area contributed by atoms with Gasteiger partial charge in [-0.05, 0) is 67.2 Å². The lowest BCUT2D eigenvalue weighted by atomic mass is 9.88. The van der Waals surface area contributed by atoms with Crippen molar-refractivity contribution < 1.29 is 9.53 Å². The average molecular weight is 359 g/mol. The summed E-state index contributed by atoms with van der Waals surface area (Å²) in [5, 5.41) is 0.658. The summed E-state index contributed by atoms with van der Waals surface area (Å²) >= 11 is 5.95. The third kappa shape index (κ3) is 4.14. The topological polar surface area (TPSA) is 55.6 Å². The van der Waals surface area contributed by atoms with Gasteiger partial charge in [0.2, 0.25) is 5.91 Å². The molecule has 2 aromatic carbocycles. The number of benzene rings is 2. The molecule has 1 unspecified atom stereocenters. The van der Waals surface area contributed by atoms with Crippen molar-refractivity contribution in [1.29, 1.82) is 0 Å². The number of nitrogens with two attached hydrogens (primary N) is 1. The molecule has 0 bridgehead atoms. The molecule has 2 aromatic rings. The van der Waals surface area contributed by atoms with Gasteiger partial charge in [-0.2, -0.15) is 0 Å². The molecule has 2 N–H and O–H groups in total. The van der Waals surface area contributed by atoms with Crippen LogP contribution in [0.2, 0.25) is 5.02 Å². The van der Waals surface area contributed by atoms with Crippen molar-refractivity contribution in [1.82, 2.24) is 4.90 Å². The maximum Gasteiger partial charge on any atom is 0.239 e. The number of hydrogen-bond donors (Lipinski definition) is 1. The molecular weight excluding hydrogens is 336 g/mol. The molecule has 25 heavy (non-hydrogen) atoms. The zero-order valence-electron chi connectivity index (χ0n) is 14.3. The third-order valence-corrected chi connectivity index (χ3v) is 5.19. The molecule has 5 heteroatoms. The maximum atomic E-state index is 12.0. The van der Waals surface area contributed by atoms with E-state index in [1.54, 1.807) is 19.2 Å². The number of likely N-dealkylation sites (tertiary alicyclic amines) is 1. The summed E-state index contributed by atoms with van der Waals surface area (Å²) in [4.78, 5) is 14.2. The number of piperidine rings is 1. The van der Waals surface area contributed by atoms with Gasteiger partial charge in [0.1, 0.15) is 11.8 Å². The van der Waals surface area contributed by atoms with E-state index in [4.69, 9.17) is 22.1 Å². The Kier molecular flexibility index (Phi) is 5.61. The van der Waals surface area contributed by atoms with Gasteiger partial charge in [0.05, 0.1) is 7.11 Å². The molecule has 1 heterocycles. The fourth-order valence-corrected chi connectivity index (χ4v) is 3.69. The summed E-state index contributed by atoms with van der Waals surface area (Å²) < 4.78 is 5.22. The molecule has 1 atom stereocenters.